The molecule has 24 heavy (non-hydrogen) atoms. The number of hydrogen-bond donors (Lipinski definition) is 1. The molecule has 130 valence electrons. The molecule has 3 rings (SSSR count). The lowest BCUT2D eigenvalue weighted by Crippen LogP contribution is -2.55. The van der Waals surface area contributed by atoms with E-state index < -0.39 is 22.2 Å². The van der Waals surface area contributed by atoms with E-state index in [-0.39, 0.29) is 32.0 Å². The number of nitrogens with zero attached hydrogens (tertiary/aromatic N) is 2. The van der Waals surface area contributed by atoms with Gasteiger partial charge in [0.25, 0.3) is 5.91 Å². The summed E-state index contributed by atoms with van der Waals surface area (Å²) in [5, 5.41) is 0. The second kappa shape index (κ2) is 6.34. The predicted molar refractivity (Wildman–Crippen MR) is 88.5 cm³/mol. The summed E-state index contributed by atoms with van der Waals surface area (Å²) in [7, 11) is -2.18. The van der Waals surface area contributed by atoms with Gasteiger partial charge < -0.3 is 9.64 Å². The van der Waals surface area contributed by atoms with E-state index in [9.17, 15) is 18.0 Å². The highest BCUT2D eigenvalue weighted by Gasteiger charge is 2.47. The third-order valence-electron chi connectivity index (χ3n) is 4.13. The van der Waals surface area contributed by atoms with Crippen LogP contribution < -0.4 is 9.46 Å². The first-order valence-corrected chi connectivity index (χ1v) is 9.49. The molecular formula is C14H16BrN3O5S. The molecular weight excluding hydrogens is 402 g/mol. The van der Waals surface area contributed by atoms with Crippen molar-refractivity contribution < 1.29 is 22.7 Å². The van der Waals surface area contributed by atoms with Gasteiger partial charge in [-0.25, -0.2) is 4.72 Å². The Morgan fingerprint density at radius 3 is 2.83 bits per heavy atom. The summed E-state index contributed by atoms with van der Waals surface area (Å²) >= 11 is 3.41. The van der Waals surface area contributed by atoms with Crippen molar-refractivity contribution in [1.29, 1.82) is 0 Å². The maximum absolute atomic E-state index is 12.5. The molecule has 1 aromatic carbocycles. The molecule has 0 radical (unpaired) electrons. The number of rotatable bonds is 3. The largest absolute Gasteiger partial charge is 0.497 e. The van der Waals surface area contributed by atoms with Crippen molar-refractivity contribution >= 4 is 38.0 Å². The van der Waals surface area contributed by atoms with Crippen LogP contribution in [0.15, 0.2) is 22.7 Å². The summed E-state index contributed by atoms with van der Waals surface area (Å²) in [6.07, 6.45) is 0.158. The lowest BCUT2D eigenvalue weighted by molar-refractivity contribution is -0.134. The van der Waals surface area contributed by atoms with Crippen LogP contribution in [-0.2, 0) is 26.2 Å². The van der Waals surface area contributed by atoms with Crippen molar-refractivity contribution in [3.63, 3.8) is 0 Å². The van der Waals surface area contributed by atoms with Gasteiger partial charge in [-0.2, -0.15) is 12.7 Å². The molecule has 0 saturated carbocycles. The van der Waals surface area contributed by atoms with Crippen LogP contribution in [0.5, 0.6) is 5.75 Å². The Morgan fingerprint density at radius 1 is 1.42 bits per heavy atom. The summed E-state index contributed by atoms with van der Waals surface area (Å²) in [6, 6.07) is 4.50. The number of amides is 2. The number of methoxy groups -OCH3 is 1. The fraction of sp³-hybridized carbons (Fsp3) is 0.429. The minimum absolute atomic E-state index is 0.0671. The van der Waals surface area contributed by atoms with Gasteiger partial charge in [-0.1, -0.05) is 22.0 Å². The Bertz CT molecular complexity index is 798. The van der Waals surface area contributed by atoms with Crippen molar-refractivity contribution in [3.8, 4) is 5.75 Å². The Kier molecular flexibility index (Phi) is 4.54. The van der Waals surface area contributed by atoms with Crippen LogP contribution in [0, 0.1) is 0 Å². The molecule has 1 unspecified atom stereocenters. The number of halogens is 1. The summed E-state index contributed by atoms with van der Waals surface area (Å²) in [4.78, 5) is 25.8. The highest BCUT2D eigenvalue weighted by atomic mass is 79.9. The van der Waals surface area contributed by atoms with Crippen molar-refractivity contribution in [2.75, 3.05) is 26.7 Å². The van der Waals surface area contributed by atoms with Gasteiger partial charge in [0.15, 0.2) is 0 Å². The summed E-state index contributed by atoms with van der Waals surface area (Å²) in [6.45, 7) is 0.441. The van der Waals surface area contributed by atoms with Crippen LogP contribution in [0.3, 0.4) is 0 Å². The minimum atomic E-state index is -3.74. The van der Waals surface area contributed by atoms with Crippen molar-refractivity contribution in [2.24, 2.45) is 0 Å². The van der Waals surface area contributed by atoms with Crippen LogP contribution in [0.25, 0.3) is 0 Å². The minimum Gasteiger partial charge on any atom is -0.497 e. The average molecular weight is 418 g/mol. The molecule has 2 aliphatic heterocycles. The molecule has 2 amide bonds. The van der Waals surface area contributed by atoms with Crippen LogP contribution >= 0.6 is 15.9 Å². The van der Waals surface area contributed by atoms with Crippen LogP contribution in [0.2, 0.25) is 0 Å². The Morgan fingerprint density at radius 2 is 2.17 bits per heavy atom. The number of hydrogen-bond acceptors (Lipinski definition) is 5. The fourth-order valence-electron chi connectivity index (χ4n) is 2.82. The number of nitrogens with one attached hydrogen (secondary N) is 1. The average Bonchev–Trinajstić information content (AvgIpc) is 2.78. The van der Waals surface area contributed by atoms with E-state index in [0.29, 0.717) is 5.75 Å². The van der Waals surface area contributed by atoms with Crippen LogP contribution in [-0.4, -0.2) is 62.2 Å². The van der Waals surface area contributed by atoms with E-state index in [4.69, 9.17) is 4.74 Å². The van der Waals surface area contributed by atoms with Gasteiger partial charge in [-0.3, -0.25) is 9.59 Å². The molecule has 0 aliphatic carbocycles. The maximum Gasteiger partial charge on any atom is 0.304 e. The van der Waals surface area contributed by atoms with Crippen LogP contribution in [0.4, 0.5) is 0 Å². The second-order valence-electron chi connectivity index (χ2n) is 5.57. The number of carbonyl (C=O) groups is 2. The van der Waals surface area contributed by atoms with Crippen molar-refractivity contribution in [2.45, 2.75) is 12.5 Å². The quantitative estimate of drug-likeness (QED) is 0.739. The standard InChI is InChI=1S/C14H16BrN3O5S/c1-23-10-3-2-9(11(15)7-10)6-13(19)17-4-5-18-12(8-17)14(20)16-24(18,21)22/h2-3,7,12H,4-6,8H2,1H3,(H,16,20). The Hall–Kier alpha value is -1.65. The first-order valence-electron chi connectivity index (χ1n) is 7.25. The first-order chi connectivity index (χ1) is 11.3. The molecule has 2 fully saturated rings. The zero-order chi connectivity index (χ0) is 17.5. The molecule has 2 saturated heterocycles. The smallest absolute Gasteiger partial charge is 0.304 e. The Balaban J connectivity index is 1.70. The molecule has 0 spiro atoms. The monoisotopic (exact) mass is 417 g/mol. The van der Waals surface area contributed by atoms with E-state index >= 15 is 0 Å². The van der Waals surface area contributed by atoms with E-state index in [2.05, 4.69) is 15.9 Å². The number of ether oxygens (including phenoxy) is 1. The normalized spacial score (nSPS) is 22.8. The molecule has 0 aromatic heterocycles. The zero-order valence-corrected chi connectivity index (χ0v) is 15.3. The highest BCUT2D eigenvalue weighted by molar-refractivity contribution is 9.10. The number of piperazine rings is 1. The molecule has 1 N–H and O–H groups in total. The third kappa shape index (κ3) is 3.13. The van der Waals surface area contributed by atoms with Gasteiger partial charge in [0.2, 0.25) is 5.91 Å². The van der Waals surface area contributed by atoms with Crippen LogP contribution in [0.1, 0.15) is 5.56 Å². The molecule has 1 aromatic rings. The lowest BCUT2D eigenvalue weighted by Gasteiger charge is -2.34. The van der Waals surface area contributed by atoms with Gasteiger partial charge >= 0.3 is 10.2 Å². The number of carbonyl (C=O) groups excluding carboxylic acids is 2. The van der Waals surface area contributed by atoms with Gasteiger partial charge in [0.05, 0.1) is 13.5 Å². The topological polar surface area (TPSA) is 96.0 Å². The van der Waals surface area contributed by atoms with E-state index in [0.717, 1.165) is 14.3 Å². The fourth-order valence-corrected chi connectivity index (χ4v) is 4.65. The van der Waals surface area contributed by atoms with E-state index in [1.165, 1.54) is 4.90 Å². The van der Waals surface area contributed by atoms with Gasteiger partial charge in [-0.05, 0) is 17.7 Å². The first kappa shape index (κ1) is 17.2. The molecule has 0 bridgehead atoms. The van der Waals surface area contributed by atoms with E-state index in [1.54, 1.807) is 25.3 Å². The lowest BCUT2D eigenvalue weighted by atomic mass is 10.1. The van der Waals surface area contributed by atoms with Crippen molar-refractivity contribution in [3.05, 3.63) is 28.2 Å². The molecule has 10 heteroatoms. The molecule has 1 atom stereocenters. The highest BCUT2D eigenvalue weighted by Crippen LogP contribution is 2.25. The molecule has 2 aliphatic rings. The predicted octanol–water partition coefficient (Wildman–Crippen LogP) is -0.112. The summed E-state index contributed by atoms with van der Waals surface area (Å²) in [5.41, 5.74) is 0.798. The van der Waals surface area contributed by atoms with Gasteiger partial charge in [0.1, 0.15) is 11.8 Å². The zero-order valence-electron chi connectivity index (χ0n) is 12.9. The summed E-state index contributed by atoms with van der Waals surface area (Å²) < 4.78 is 32.5. The number of fused-ring (bicyclic) bond motifs is 1. The molecule has 8 nitrogen and oxygen atoms in total. The number of benzene rings is 1. The Labute approximate surface area is 148 Å². The maximum atomic E-state index is 12.5. The third-order valence-corrected chi connectivity index (χ3v) is 6.38. The van der Waals surface area contributed by atoms with Gasteiger partial charge in [0, 0.05) is 24.1 Å². The van der Waals surface area contributed by atoms with Crippen molar-refractivity contribution in [1.82, 2.24) is 13.9 Å². The van der Waals surface area contributed by atoms with Gasteiger partial charge in [-0.15, -0.1) is 0 Å². The van der Waals surface area contributed by atoms with E-state index in [1.807, 2.05) is 4.72 Å². The SMILES string of the molecule is COc1ccc(CC(=O)N2CCN3C(C2)C(=O)NS3(=O)=O)c(Br)c1. The summed E-state index contributed by atoms with van der Waals surface area (Å²) in [5.74, 6) is -0.0599. The molecule has 2 heterocycles. The second-order valence-corrected chi connectivity index (χ2v) is 8.05.